The Hall–Kier alpha value is -1.35. The third-order valence-corrected chi connectivity index (χ3v) is 4.51. The highest BCUT2D eigenvalue weighted by Crippen LogP contribution is 2.14. The van der Waals surface area contributed by atoms with Crippen molar-refractivity contribution in [2.75, 3.05) is 27.2 Å². The highest BCUT2D eigenvalue weighted by Gasteiger charge is 2.09. The Labute approximate surface area is 171 Å². The zero-order chi connectivity index (χ0) is 17.2. The van der Waals surface area contributed by atoms with Crippen molar-refractivity contribution in [3.63, 3.8) is 0 Å². The first-order valence-electron chi connectivity index (χ1n) is 8.25. The summed E-state index contributed by atoms with van der Waals surface area (Å²) in [5, 5.41) is 5.51. The van der Waals surface area contributed by atoms with Crippen LogP contribution in [0.25, 0.3) is 0 Å². The van der Waals surface area contributed by atoms with Crippen LogP contribution in [0, 0.1) is 0 Å². The van der Waals surface area contributed by atoms with Crippen molar-refractivity contribution >= 4 is 41.3 Å². The lowest BCUT2D eigenvalue weighted by Gasteiger charge is -2.22. The van der Waals surface area contributed by atoms with Gasteiger partial charge in [0, 0.05) is 43.8 Å². The van der Waals surface area contributed by atoms with Gasteiger partial charge in [-0.2, -0.15) is 0 Å². The van der Waals surface area contributed by atoms with Gasteiger partial charge in [-0.15, -0.1) is 35.3 Å². The first kappa shape index (κ1) is 21.7. The lowest BCUT2D eigenvalue weighted by Crippen LogP contribution is -2.39. The van der Waals surface area contributed by atoms with Gasteiger partial charge in [0.05, 0.1) is 6.61 Å². The third kappa shape index (κ3) is 7.19. The normalized spacial score (nSPS) is 10.9. The van der Waals surface area contributed by atoms with Crippen molar-refractivity contribution < 1.29 is 4.74 Å². The van der Waals surface area contributed by atoms with E-state index >= 15 is 0 Å². The summed E-state index contributed by atoms with van der Waals surface area (Å²) in [5.41, 5.74) is 1.04. The molecule has 2 rings (SSSR count). The van der Waals surface area contributed by atoms with Crippen LogP contribution in [0.5, 0.6) is 5.88 Å². The lowest BCUT2D eigenvalue weighted by atomic mass is 10.2. The number of nitrogens with zero attached hydrogens (tertiary/aromatic N) is 3. The van der Waals surface area contributed by atoms with Gasteiger partial charge in [0.15, 0.2) is 5.96 Å². The molecule has 25 heavy (non-hydrogen) atoms. The molecule has 2 aromatic rings. The number of ether oxygens (including phenoxy) is 1. The van der Waals surface area contributed by atoms with E-state index in [2.05, 4.69) is 51.7 Å². The zero-order valence-corrected chi connectivity index (χ0v) is 18.2. The summed E-state index contributed by atoms with van der Waals surface area (Å²) in [7, 11) is 3.86. The molecule has 0 saturated heterocycles. The van der Waals surface area contributed by atoms with Gasteiger partial charge in [0.1, 0.15) is 0 Å². The Morgan fingerprint density at radius 3 is 2.88 bits per heavy atom. The number of thiophene rings is 1. The minimum Gasteiger partial charge on any atom is -0.477 e. The van der Waals surface area contributed by atoms with Gasteiger partial charge in [0.25, 0.3) is 0 Å². The predicted molar refractivity (Wildman–Crippen MR) is 116 cm³/mol. The molecule has 0 aromatic carbocycles. The average molecular weight is 474 g/mol. The number of rotatable bonds is 8. The zero-order valence-electron chi connectivity index (χ0n) is 15.1. The Bertz CT molecular complexity index is 634. The summed E-state index contributed by atoms with van der Waals surface area (Å²) >= 11 is 1.79. The summed E-state index contributed by atoms with van der Waals surface area (Å²) in [4.78, 5) is 12.2. The molecular weight excluding hydrogens is 447 g/mol. The van der Waals surface area contributed by atoms with Crippen molar-refractivity contribution in [2.24, 2.45) is 4.99 Å². The van der Waals surface area contributed by atoms with Crippen LogP contribution < -0.4 is 10.1 Å². The van der Waals surface area contributed by atoms with Gasteiger partial charge < -0.3 is 15.0 Å². The Morgan fingerprint density at radius 2 is 2.20 bits per heavy atom. The molecule has 0 fully saturated rings. The molecule has 0 aliphatic rings. The minimum atomic E-state index is 0. The minimum absolute atomic E-state index is 0. The second-order valence-electron chi connectivity index (χ2n) is 5.47. The summed E-state index contributed by atoms with van der Waals surface area (Å²) in [6.07, 6.45) is 3.75. The Balaban J connectivity index is 0.00000312. The van der Waals surface area contributed by atoms with E-state index in [1.165, 1.54) is 4.88 Å². The molecular formula is C18H27IN4OS. The highest BCUT2D eigenvalue weighted by molar-refractivity contribution is 14.0. The fourth-order valence-electron chi connectivity index (χ4n) is 2.28. The SMILES string of the molecule is CCCOc1ncccc1CNC(=NC)N(C)CCc1cccs1.I. The predicted octanol–water partition coefficient (Wildman–Crippen LogP) is 3.80. The molecule has 138 valence electrons. The number of hydrogen-bond donors (Lipinski definition) is 1. The summed E-state index contributed by atoms with van der Waals surface area (Å²) < 4.78 is 5.71. The number of pyridine rings is 1. The fraction of sp³-hybridized carbons (Fsp3) is 0.444. The van der Waals surface area contributed by atoms with E-state index in [9.17, 15) is 0 Å². The van der Waals surface area contributed by atoms with Crippen LogP contribution in [0.15, 0.2) is 40.8 Å². The van der Waals surface area contributed by atoms with Crippen LogP contribution in [-0.4, -0.2) is 43.1 Å². The number of likely N-dealkylation sites (N-methyl/N-ethyl adjacent to an activating group) is 1. The number of guanidine groups is 1. The second-order valence-corrected chi connectivity index (χ2v) is 6.50. The van der Waals surface area contributed by atoms with Crippen molar-refractivity contribution in [1.29, 1.82) is 0 Å². The molecule has 0 saturated carbocycles. The van der Waals surface area contributed by atoms with Gasteiger partial charge in [-0.05, 0) is 30.4 Å². The van der Waals surface area contributed by atoms with Crippen LogP contribution in [0.1, 0.15) is 23.8 Å². The van der Waals surface area contributed by atoms with Gasteiger partial charge in [0.2, 0.25) is 5.88 Å². The molecule has 0 aliphatic heterocycles. The number of aliphatic imine (C=N–C) groups is 1. The van der Waals surface area contributed by atoms with Crippen LogP contribution in [0.4, 0.5) is 0 Å². The molecule has 5 nitrogen and oxygen atoms in total. The van der Waals surface area contributed by atoms with Crippen LogP contribution >= 0.6 is 35.3 Å². The fourth-order valence-corrected chi connectivity index (χ4v) is 2.98. The van der Waals surface area contributed by atoms with Crippen LogP contribution in [0.3, 0.4) is 0 Å². The molecule has 0 radical (unpaired) electrons. The van der Waals surface area contributed by atoms with Gasteiger partial charge >= 0.3 is 0 Å². The largest absolute Gasteiger partial charge is 0.477 e. The molecule has 2 aromatic heterocycles. The van der Waals surface area contributed by atoms with E-state index in [1.54, 1.807) is 17.5 Å². The maximum Gasteiger partial charge on any atom is 0.218 e. The van der Waals surface area contributed by atoms with Gasteiger partial charge in [-0.3, -0.25) is 4.99 Å². The topological polar surface area (TPSA) is 49.8 Å². The van der Waals surface area contributed by atoms with Crippen molar-refractivity contribution in [1.82, 2.24) is 15.2 Å². The van der Waals surface area contributed by atoms with Crippen molar-refractivity contribution in [3.05, 3.63) is 46.3 Å². The quantitative estimate of drug-likeness (QED) is 0.359. The molecule has 7 heteroatoms. The molecule has 0 bridgehead atoms. The molecule has 0 unspecified atom stereocenters. The van der Waals surface area contributed by atoms with Crippen LogP contribution in [0.2, 0.25) is 0 Å². The van der Waals surface area contributed by atoms with E-state index in [4.69, 9.17) is 4.74 Å². The molecule has 0 atom stereocenters. The summed E-state index contributed by atoms with van der Waals surface area (Å²) in [5.74, 6) is 1.57. The number of halogens is 1. The van der Waals surface area contributed by atoms with Crippen molar-refractivity contribution in [3.8, 4) is 5.88 Å². The van der Waals surface area contributed by atoms with Crippen LogP contribution in [-0.2, 0) is 13.0 Å². The number of aromatic nitrogens is 1. The van der Waals surface area contributed by atoms with Gasteiger partial charge in [-0.25, -0.2) is 4.98 Å². The Kier molecular flexibility index (Phi) is 10.5. The molecule has 0 aliphatic carbocycles. The first-order chi connectivity index (χ1) is 11.7. The first-order valence-corrected chi connectivity index (χ1v) is 9.13. The standard InChI is InChI=1S/C18H26N4OS.HI/c1-4-12-23-17-15(7-5-10-20-17)14-21-18(19-2)22(3)11-9-16-8-6-13-24-16;/h5-8,10,13H,4,9,11-12,14H2,1-3H3,(H,19,21);1H. The molecule has 0 spiro atoms. The van der Waals surface area contributed by atoms with E-state index in [-0.39, 0.29) is 24.0 Å². The van der Waals surface area contributed by atoms with Gasteiger partial charge in [-0.1, -0.05) is 19.1 Å². The van der Waals surface area contributed by atoms with E-state index < -0.39 is 0 Å². The molecule has 2 heterocycles. The van der Waals surface area contributed by atoms with Crippen molar-refractivity contribution in [2.45, 2.75) is 26.3 Å². The maximum atomic E-state index is 5.71. The van der Waals surface area contributed by atoms with E-state index in [0.29, 0.717) is 19.0 Å². The second kappa shape index (κ2) is 12.1. The number of hydrogen-bond acceptors (Lipinski definition) is 4. The monoisotopic (exact) mass is 474 g/mol. The highest BCUT2D eigenvalue weighted by atomic mass is 127. The van der Waals surface area contributed by atoms with E-state index in [1.807, 2.05) is 19.2 Å². The Morgan fingerprint density at radius 1 is 1.36 bits per heavy atom. The summed E-state index contributed by atoms with van der Waals surface area (Å²) in [6.45, 7) is 4.33. The summed E-state index contributed by atoms with van der Waals surface area (Å²) in [6, 6.07) is 8.22. The lowest BCUT2D eigenvalue weighted by molar-refractivity contribution is 0.301. The maximum absolute atomic E-state index is 5.71. The average Bonchev–Trinajstić information content (AvgIpc) is 3.13. The number of nitrogens with one attached hydrogen (secondary N) is 1. The molecule has 1 N–H and O–H groups in total. The smallest absolute Gasteiger partial charge is 0.218 e. The third-order valence-electron chi connectivity index (χ3n) is 3.58. The molecule has 0 amide bonds. The van der Waals surface area contributed by atoms with E-state index in [0.717, 1.165) is 30.9 Å².